The van der Waals surface area contributed by atoms with Crippen molar-refractivity contribution in [1.82, 2.24) is 9.55 Å². The van der Waals surface area contributed by atoms with E-state index in [1.807, 2.05) is 19.9 Å². The van der Waals surface area contributed by atoms with Crippen molar-refractivity contribution >= 4 is 55.0 Å². The number of halogens is 1. The molecule has 1 N–H and O–H groups in total. The third-order valence-corrected chi connectivity index (χ3v) is 6.10. The summed E-state index contributed by atoms with van der Waals surface area (Å²) >= 11 is 4.68. The quantitative estimate of drug-likeness (QED) is 0.540. The number of aryl methyl sites for hydroxylation is 2. The Balaban J connectivity index is 1.75. The fourth-order valence-corrected chi connectivity index (χ4v) is 4.29. The molecule has 3 rings (SSSR count). The number of nitrogens with zero attached hydrogens (tertiary/aromatic N) is 2. The van der Waals surface area contributed by atoms with Gasteiger partial charge in [0.2, 0.25) is 5.91 Å². The van der Waals surface area contributed by atoms with Gasteiger partial charge >= 0.3 is 5.97 Å². The number of hydrogen-bond acceptors (Lipinski definition) is 6. The molecule has 29 heavy (non-hydrogen) atoms. The number of benzene rings is 1. The highest BCUT2D eigenvalue weighted by molar-refractivity contribution is 9.10. The third-order valence-electron chi connectivity index (χ3n) is 4.48. The summed E-state index contributed by atoms with van der Waals surface area (Å²) in [6.45, 7) is 5.88. The summed E-state index contributed by atoms with van der Waals surface area (Å²) in [6, 6.07) is 5.29. The number of fused-ring (bicyclic) bond motifs is 1. The molecular formula is C20H20BrN3O4S. The van der Waals surface area contributed by atoms with Crippen LogP contribution >= 0.6 is 27.3 Å². The van der Waals surface area contributed by atoms with E-state index in [1.165, 1.54) is 22.2 Å². The number of thiophene rings is 1. The molecule has 0 bridgehead atoms. The zero-order chi connectivity index (χ0) is 21.1. The second-order valence-corrected chi connectivity index (χ2v) is 8.55. The lowest BCUT2D eigenvalue weighted by Gasteiger charge is -2.09. The number of anilines is 1. The number of hydrogen-bond donors (Lipinski definition) is 1. The molecule has 0 aliphatic carbocycles. The Hall–Kier alpha value is -2.52. The van der Waals surface area contributed by atoms with Gasteiger partial charge in [0, 0.05) is 22.3 Å². The number of nitrogens with one attached hydrogen (secondary N) is 1. The predicted octanol–water partition coefficient (Wildman–Crippen LogP) is 4.04. The first-order chi connectivity index (χ1) is 13.8. The highest BCUT2D eigenvalue weighted by Crippen LogP contribution is 2.33. The molecule has 2 aromatic heterocycles. The second-order valence-electron chi connectivity index (χ2n) is 6.41. The van der Waals surface area contributed by atoms with Crippen LogP contribution in [0.25, 0.3) is 10.9 Å². The highest BCUT2D eigenvalue weighted by Gasteiger charge is 2.22. The first-order valence-corrected chi connectivity index (χ1v) is 10.6. The maximum Gasteiger partial charge on any atom is 0.341 e. The van der Waals surface area contributed by atoms with Gasteiger partial charge in [-0.1, -0.05) is 15.9 Å². The molecule has 0 unspecified atom stereocenters. The molecule has 2 heterocycles. The summed E-state index contributed by atoms with van der Waals surface area (Å²) in [5.41, 5.74) is 1.57. The van der Waals surface area contributed by atoms with Gasteiger partial charge in [-0.25, -0.2) is 9.78 Å². The standard InChI is InChI=1S/C20H20BrN3O4S/c1-4-28-20(27)17-11(2)12(3)29-18(17)23-16(25)7-8-24-10-22-15-6-5-13(21)9-14(15)19(24)26/h5-6,9-10H,4,7-8H2,1-3H3,(H,23,25). The Morgan fingerprint density at radius 3 is 2.79 bits per heavy atom. The fourth-order valence-electron chi connectivity index (χ4n) is 2.87. The third kappa shape index (κ3) is 4.56. The van der Waals surface area contributed by atoms with Gasteiger partial charge in [-0.05, 0) is 44.5 Å². The number of esters is 1. The number of aromatic nitrogens is 2. The highest BCUT2D eigenvalue weighted by atomic mass is 79.9. The molecule has 3 aromatic rings. The summed E-state index contributed by atoms with van der Waals surface area (Å²) < 4.78 is 7.29. The zero-order valence-electron chi connectivity index (χ0n) is 16.2. The number of amides is 1. The minimum Gasteiger partial charge on any atom is -0.462 e. The van der Waals surface area contributed by atoms with Crippen molar-refractivity contribution in [3.8, 4) is 0 Å². The molecule has 0 atom stereocenters. The van der Waals surface area contributed by atoms with Gasteiger partial charge in [0.25, 0.3) is 5.56 Å². The first kappa shape index (κ1) is 21.2. The van der Waals surface area contributed by atoms with Crippen molar-refractivity contribution in [1.29, 1.82) is 0 Å². The van der Waals surface area contributed by atoms with Crippen LogP contribution in [0.15, 0.2) is 33.8 Å². The average molecular weight is 478 g/mol. The Kier molecular flexibility index (Phi) is 6.49. The monoisotopic (exact) mass is 477 g/mol. The Morgan fingerprint density at radius 1 is 1.31 bits per heavy atom. The van der Waals surface area contributed by atoms with E-state index in [0.717, 1.165) is 14.9 Å². The van der Waals surface area contributed by atoms with Crippen LogP contribution in [0.2, 0.25) is 0 Å². The molecule has 0 saturated carbocycles. The van der Waals surface area contributed by atoms with E-state index in [4.69, 9.17) is 4.74 Å². The van der Waals surface area contributed by atoms with Crippen molar-refractivity contribution in [2.75, 3.05) is 11.9 Å². The molecular weight excluding hydrogens is 458 g/mol. The van der Waals surface area contributed by atoms with E-state index in [2.05, 4.69) is 26.2 Å². The van der Waals surface area contributed by atoms with E-state index in [1.54, 1.807) is 19.1 Å². The maximum absolute atomic E-state index is 12.6. The predicted molar refractivity (Wildman–Crippen MR) is 117 cm³/mol. The smallest absolute Gasteiger partial charge is 0.341 e. The first-order valence-electron chi connectivity index (χ1n) is 9.03. The molecule has 1 aromatic carbocycles. The lowest BCUT2D eigenvalue weighted by atomic mass is 10.1. The molecule has 0 aliphatic rings. The van der Waals surface area contributed by atoms with Gasteiger partial charge in [0.1, 0.15) is 5.00 Å². The van der Waals surface area contributed by atoms with Gasteiger partial charge in [-0.15, -0.1) is 11.3 Å². The summed E-state index contributed by atoms with van der Waals surface area (Å²) in [7, 11) is 0. The summed E-state index contributed by atoms with van der Waals surface area (Å²) in [4.78, 5) is 42.5. The lowest BCUT2D eigenvalue weighted by Crippen LogP contribution is -2.24. The van der Waals surface area contributed by atoms with Gasteiger partial charge in [-0.3, -0.25) is 14.2 Å². The Morgan fingerprint density at radius 2 is 2.07 bits per heavy atom. The van der Waals surface area contributed by atoms with Crippen molar-refractivity contribution in [3.63, 3.8) is 0 Å². The fraction of sp³-hybridized carbons (Fsp3) is 0.300. The van der Waals surface area contributed by atoms with Crippen molar-refractivity contribution in [2.45, 2.75) is 33.7 Å². The minimum absolute atomic E-state index is 0.0688. The second kappa shape index (κ2) is 8.87. The van der Waals surface area contributed by atoms with Crippen LogP contribution < -0.4 is 10.9 Å². The van der Waals surface area contributed by atoms with Gasteiger partial charge in [-0.2, -0.15) is 0 Å². The largest absolute Gasteiger partial charge is 0.462 e. The SMILES string of the molecule is CCOC(=O)c1c(NC(=O)CCn2cnc3ccc(Br)cc3c2=O)sc(C)c1C. The average Bonchev–Trinajstić information content (AvgIpc) is 2.95. The molecule has 152 valence electrons. The minimum atomic E-state index is -0.454. The molecule has 0 spiro atoms. The normalized spacial score (nSPS) is 10.9. The number of ether oxygens (including phenoxy) is 1. The van der Waals surface area contributed by atoms with Crippen molar-refractivity contribution < 1.29 is 14.3 Å². The van der Waals surface area contributed by atoms with Gasteiger partial charge < -0.3 is 10.1 Å². The van der Waals surface area contributed by atoms with Crippen molar-refractivity contribution in [2.24, 2.45) is 0 Å². The van der Waals surface area contributed by atoms with Crippen molar-refractivity contribution in [3.05, 3.63) is 55.4 Å². The van der Waals surface area contributed by atoms with Gasteiger partial charge in [0.15, 0.2) is 0 Å². The van der Waals surface area contributed by atoms with Crippen LogP contribution in [0, 0.1) is 13.8 Å². The van der Waals surface area contributed by atoms with Crippen LogP contribution in [-0.4, -0.2) is 28.0 Å². The number of carbonyl (C=O) groups excluding carboxylic acids is 2. The molecule has 1 amide bonds. The molecule has 9 heteroatoms. The molecule has 0 saturated heterocycles. The van der Waals surface area contributed by atoms with Gasteiger partial charge in [0.05, 0.1) is 29.4 Å². The molecule has 0 radical (unpaired) electrons. The molecule has 7 nitrogen and oxygen atoms in total. The van der Waals surface area contributed by atoms with Crippen LogP contribution in [0.5, 0.6) is 0 Å². The van der Waals surface area contributed by atoms with E-state index < -0.39 is 5.97 Å². The van der Waals surface area contributed by atoms with E-state index in [0.29, 0.717) is 21.5 Å². The Labute approximate surface area is 179 Å². The van der Waals surface area contributed by atoms with Crippen LogP contribution in [0.3, 0.4) is 0 Å². The molecule has 0 fully saturated rings. The van der Waals surface area contributed by atoms with E-state index in [-0.39, 0.29) is 31.0 Å². The van der Waals surface area contributed by atoms with Crippen LogP contribution in [0.1, 0.15) is 34.1 Å². The van der Waals surface area contributed by atoms with Crippen LogP contribution in [0.4, 0.5) is 5.00 Å². The van der Waals surface area contributed by atoms with E-state index >= 15 is 0 Å². The summed E-state index contributed by atoms with van der Waals surface area (Å²) in [5.74, 6) is -0.747. The van der Waals surface area contributed by atoms with E-state index in [9.17, 15) is 14.4 Å². The summed E-state index contributed by atoms with van der Waals surface area (Å²) in [6.07, 6.45) is 1.51. The Bertz CT molecular complexity index is 1150. The maximum atomic E-state index is 12.6. The summed E-state index contributed by atoms with van der Waals surface area (Å²) in [5, 5.41) is 3.73. The zero-order valence-corrected chi connectivity index (χ0v) is 18.6. The topological polar surface area (TPSA) is 90.3 Å². The lowest BCUT2D eigenvalue weighted by molar-refractivity contribution is -0.116. The van der Waals surface area contributed by atoms with Crippen LogP contribution in [-0.2, 0) is 16.1 Å². The number of carbonyl (C=O) groups is 2. The molecule has 0 aliphatic heterocycles. The number of rotatable bonds is 6.